The van der Waals surface area contributed by atoms with Gasteiger partial charge in [0.15, 0.2) is 0 Å². The van der Waals surface area contributed by atoms with Gasteiger partial charge in [-0.1, -0.05) is 6.07 Å². The Morgan fingerprint density at radius 2 is 1.80 bits per heavy atom. The summed E-state index contributed by atoms with van der Waals surface area (Å²) in [5, 5.41) is 3.49. The predicted octanol–water partition coefficient (Wildman–Crippen LogP) is 5.58. The van der Waals surface area contributed by atoms with Crippen molar-refractivity contribution in [3.8, 4) is 16.9 Å². The molecule has 0 unspecified atom stereocenters. The molecule has 6 heteroatoms. The summed E-state index contributed by atoms with van der Waals surface area (Å²) in [6, 6.07) is 11.2. The van der Waals surface area contributed by atoms with Gasteiger partial charge in [0, 0.05) is 11.6 Å². The molecule has 1 aromatic heterocycles. The maximum Gasteiger partial charge on any atom is 0.318 e. The number of carbonyl (C=O) groups excluding carboxylic acids is 1. The highest BCUT2D eigenvalue weighted by molar-refractivity contribution is 5.82. The minimum atomic E-state index is 0.0799. The van der Waals surface area contributed by atoms with Gasteiger partial charge in [0.1, 0.15) is 18.2 Å². The highest BCUT2D eigenvalue weighted by Gasteiger charge is 2.48. The van der Waals surface area contributed by atoms with E-state index in [1.807, 2.05) is 11.8 Å². The molecule has 0 spiro atoms. The number of aromatic amines is 1. The van der Waals surface area contributed by atoms with Crippen molar-refractivity contribution in [1.29, 1.82) is 0 Å². The summed E-state index contributed by atoms with van der Waals surface area (Å²) < 4.78 is 6.17. The van der Waals surface area contributed by atoms with Gasteiger partial charge in [-0.3, -0.25) is 0 Å². The Morgan fingerprint density at radius 1 is 1.03 bits per heavy atom. The van der Waals surface area contributed by atoms with E-state index in [9.17, 15) is 4.79 Å². The van der Waals surface area contributed by atoms with E-state index in [2.05, 4.69) is 52.5 Å². The first-order valence-corrected chi connectivity index (χ1v) is 13.3. The Labute approximate surface area is 206 Å². The molecular formula is C29H34N4O2. The lowest BCUT2D eigenvalue weighted by atomic mass is 9.54. The van der Waals surface area contributed by atoms with Crippen molar-refractivity contribution >= 4 is 17.1 Å². The number of benzene rings is 2. The van der Waals surface area contributed by atoms with Crippen LogP contribution in [0.1, 0.15) is 49.1 Å². The van der Waals surface area contributed by atoms with Crippen LogP contribution in [0.4, 0.5) is 4.79 Å². The zero-order chi connectivity index (χ0) is 23.7. The SMILES string of the molecule is Cc1nc2ccc(-c3cc(C)c4c(c3)CN(C(=O)NC3C5CC6CC(C5)CC3C6)CCO4)cc2[nH]1. The van der Waals surface area contributed by atoms with Crippen molar-refractivity contribution in [2.45, 2.75) is 58.5 Å². The van der Waals surface area contributed by atoms with Gasteiger partial charge in [0.05, 0.1) is 24.1 Å². The van der Waals surface area contributed by atoms with Crippen LogP contribution in [-0.4, -0.2) is 40.1 Å². The molecule has 4 saturated carbocycles. The molecule has 5 aliphatic rings. The van der Waals surface area contributed by atoms with Crippen LogP contribution in [0.5, 0.6) is 5.75 Å². The third-order valence-corrected chi connectivity index (χ3v) is 9.06. The van der Waals surface area contributed by atoms with E-state index in [0.717, 1.165) is 56.7 Å². The van der Waals surface area contributed by atoms with E-state index in [1.165, 1.54) is 32.1 Å². The molecule has 4 bridgehead atoms. The molecule has 0 atom stereocenters. The first-order valence-electron chi connectivity index (χ1n) is 13.3. The molecule has 2 N–H and O–H groups in total. The zero-order valence-corrected chi connectivity index (χ0v) is 20.6. The quantitative estimate of drug-likeness (QED) is 0.514. The first-order chi connectivity index (χ1) is 17.0. The molecule has 6 nitrogen and oxygen atoms in total. The van der Waals surface area contributed by atoms with Crippen molar-refractivity contribution in [3.05, 3.63) is 47.3 Å². The van der Waals surface area contributed by atoms with Crippen LogP contribution in [0, 0.1) is 37.5 Å². The van der Waals surface area contributed by atoms with Gasteiger partial charge < -0.3 is 19.9 Å². The number of H-pyrrole nitrogens is 1. The number of fused-ring (bicyclic) bond motifs is 2. The normalized spacial score (nSPS) is 29.1. The van der Waals surface area contributed by atoms with Crippen LogP contribution in [-0.2, 0) is 6.54 Å². The van der Waals surface area contributed by atoms with Gasteiger partial charge in [-0.2, -0.15) is 0 Å². The lowest BCUT2D eigenvalue weighted by Gasteiger charge is -2.54. The van der Waals surface area contributed by atoms with Gasteiger partial charge in [-0.25, -0.2) is 9.78 Å². The second kappa shape index (κ2) is 8.00. The number of aromatic nitrogens is 2. The number of rotatable bonds is 2. The van der Waals surface area contributed by atoms with Crippen LogP contribution in [0.25, 0.3) is 22.2 Å². The highest BCUT2D eigenvalue weighted by atomic mass is 16.5. The lowest BCUT2D eigenvalue weighted by molar-refractivity contribution is -0.0111. The molecule has 3 aromatic rings. The smallest absolute Gasteiger partial charge is 0.318 e. The summed E-state index contributed by atoms with van der Waals surface area (Å²) in [6.07, 6.45) is 6.68. The number of amides is 2. The van der Waals surface area contributed by atoms with Crippen LogP contribution in [0.15, 0.2) is 30.3 Å². The number of urea groups is 1. The van der Waals surface area contributed by atoms with E-state index in [4.69, 9.17) is 4.74 Å². The predicted molar refractivity (Wildman–Crippen MR) is 136 cm³/mol. The average Bonchev–Trinajstić information content (AvgIpc) is 3.05. The molecule has 2 aromatic carbocycles. The Bertz CT molecular complexity index is 1280. The van der Waals surface area contributed by atoms with E-state index in [0.29, 0.717) is 37.6 Å². The highest BCUT2D eigenvalue weighted by Crippen LogP contribution is 2.53. The van der Waals surface area contributed by atoms with Crippen molar-refractivity contribution in [2.75, 3.05) is 13.2 Å². The number of hydrogen-bond acceptors (Lipinski definition) is 3. The molecule has 4 fully saturated rings. The van der Waals surface area contributed by atoms with Crippen LogP contribution < -0.4 is 10.1 Å². The fourth-order valence-electron chi connectivity index (χ4n) is 7.77. The number of nitrogens with zero attached hydrogens (tertiary/aromatic N) is 2. The Kier molecular flexibility index (Phi) is 4.87. The molecule has 0 radical (unpaired) electrons. The molecule has 182 valence electrons. The maximum absolute atomic E-state index is 13.5. The molecule has 0 saturated heterocycles. The van der Waals surface area contributed by atoms with Crippen molar-refractivity contribution in [1.82, 2.24) is 20.2 Å². The van der Waals surface area contributed by atoms with Crippen LogP contribution in [0.3, 0.4) is 0 Å². The molecule has 1 aliphatic heterocycles. The number of imidazole rings is 1. The summed E-state index contributed by atoms with van der Waals surface area (Å²) in [4.78, 5) is 23.3. The maximum atomic E-state index is 13.5. The fraction of sp³-hybridized carbons (Fsp3) is 0.517. The zero-order valence-electron chi connectivity index (χ0n) is 20.6. The Morgan fingerprint density at radius 3 is 2.57 bits per heavy atom. The van der Waals surface area contributed by atoms with Crippen molar-refractivity contribution in [3.63, 3.8) is 0 Å². The van der Waals surface area contributed by atoms with Crippen molar-refractivity contribution < 1.29 is 9.53 Å². The summed E-state index contributed by atoms with van der Waals surface area (Å²) in [6.45, 7) is 5.80. The number of ether oxygens (including phenoxy) is 1. The number of carbonyl (C=O) groups is 1. The van der Waals surface area contributed by atoms with E-state index in [-0.39, 0.29) is 6.03 Å². The Hall–Kier alpha value is -3.02. The lowest BCUT2D eigenvalue weighted by Crippen LogP contribution is -2.58. The summed E-state index contributed by atoms with van der Waals surface area (Å²) in [7, 11) is 0. The number of aryl methyl sites for hydroxylation is 2. The molecule has 4 aliphatic carbocycles. The van der Waals surface area contributed by atoms with Gasteiger partial charge in [0.2, 0.25) is 0 Å². The van der Waals surface area contributed by atoms with Crippen LogP contribution >= 0.6 is 0 Å². The average molecular weight is 471 g/mol. The molecule has 2 amide bonds. The molecular weight excluding hydrogens is 436 g/mol. The monoisotopic (exact) mass is 470 g/mol. The summed E-state index contributed by atoms with van der Waals surface area (Å²) >= 11 is 0. The second-order valence-corrected chi connectivity index (χ2v) is 11.5. The standard InChI is InChI=1S/C29H34N4O2/c1-16-7-21(20-3-4-25-26(14-20)31-17(2)30-25)13-24-15-33(5-6-35-28(16)24)29(34)32-27-22-9-18-8-19(11-22)12-23(27)10-18/h3-4,7,13-14,18-19,22-23,27H,5-6,8-12,15H2,1-2H3,(H,30,31)(H,32,34). The van der Waals surface area contributed by atoms with Gasteiger partial charge in [-0.15, -0.1) is 0 Å². The third kappa shape index (κ3) is 3.69. The minimum Gasteiger partial charge on any atom is -0.491 e. The topological polar surface area (TPSA) is 70.2 Å². The van der Waals surface area contributed by atoms with Gasteiger partial charge in [0.25, 0.3) is 0 Å². The minimum absolute atomic E-state index is 0.0799. The van der Waals surface area contributed by atoms with E-state index in [1.54, 1.807) is 0 Å². The van der Waals surface area contributed by atoms with E-state index < -0.39 is 0 Å². The molecule has 2 heterocycles. The van der Waals surface area contributed by atoms with Crippen LogP contribution in [0.2, 0.25) is 0 Å². The first kappa shape index (κ1) is 21.3. The van der Waals surface area contributed by atoms with Gasteiger partial charge in [-0.05, 0) is 111 Å². The number of nitrogens with one attached hydrogen (secondary N) is 2. The summed E-state index contributed by atoms with van der Waals surface area (Å²) in [5.74, 6) is 5.04. The Balaban J connectivity index is 1.14. The van der Waals surface area contributed by atoms with E-state index >= 15 is 0 Å². The number of hydrogen-bond donors (Lipinski definition) is 2. The van der Waals surface area contributed by atoms with Crippen molar-refractivity contribution in [2.24, 2.45) is 23.7 Å². The summed E-state index contributed by atoms with van der Waals surface area (Å²) in [5.41, 5.74) is 6.50. The molecule has 35 heavy (non-hydrogen) atoms. The largest absolute Gasteiger partial charge is 0.491 e. The molecule has 8 rings (SSSR count). The van der Waals surface area contributed by atoms with Gasteiger partial charge >= 0.3 is 6.03 Å². The second-order valence-electron chi connectivity index (χ2n) is 11.5. The fourth-order valence-corrected chi connectivity index (χ4v) is 7.77. The third-order valence-electron chi connectivity index (χ3n) is 9.06.